The molecule has 15 heavy (non-hydrogen) atoms. The maximum Gasteiger partial charge on any atom is 0.0539 e. The summed E-state index contributed by atoms with van der Waals surface area (Å²) in [7, 11) is 1.97. The van der Waals surface area contributed by atoms with Gasteiger partial charge in [0.2, 0.25) is 0 Å². The van der Waals surface area contributed by atoms with Crippen molar-refractivity contribution in [3.63, 3.8) is 0 Å². The van der Waals surface area contributed by atoms with Gasteiger partial charge in [0.1, 0.15) is 0 Å². The van der Waals surface area contributed by atoms with Gasteiger partial charge in [0.15, 0.2) is 0 Å². The normalized spacial score (nSPS) is 13.3. The SMILES string of the molecule is CNC(C)CC=Cc1ccc(CN)nc1. The Morgan fingerprint density at radius 2 is 2.33 bits per heavy atom. The maximum atomic E-state index is 5.47. The molecule has 0 saturated heterocycles. The van der Waals surface area contributed by atoms with Crippen molar-refractivity contribution in [2.75, 3.05) is 7.05 Å². The van der Waals surface area contributed by atoms with Crippen LogP contribution in [-0.2, 0) is 6.54 Å². The van der Waals surface area contributed by atoms with Gasteiger partial charge in [-0.15, -0.1) is 0 Å². The number of aromatic nitrogens is 1. The largest absolute Gasteiger partial charge is 0.325 e. The minimum absolute atomic E-state index is 0.501. The summed E-state index contributed by atoms with van der Waals surface area (Å²) < 4.78 is 0. The van der Waals surface area contributed by atoms with E-state index in [-0.39, 0.29) is 0 Å². The van der Waals surface area contributed by atoms with Gasteiger partial charge < -0.3 is 11.1 Å². The van der Waals surface area contributed by atoms with Gasteiger partial charge >= 0.3 is 0 Å². The summed E-state index contributed by atoms with van der Waals surface area (Å²) >= 11 is 0. The van der Waals surface area contributed by atoms with Crippen molar-refractivity contribution in [2.45, 2.75) is 25.9 Å². The Kier molecular flexibility index (Phi) is 5.01. The highest BCUT2D eigenvalue weighted by Gasteiger charge is 1.93. The predicted octanol–water partition coefficient (Wildman–Crippen LogP) is 1.55. The van der Waals surface area contributed by atoms with Crippen molar-refractivity contribution in [1.29, 1.82) is 0 Å². The average molecular weight is 205 g/mol. The molecule has 0 radical (unpaired) electrons. The fourth-order valence-electron chi connectivity index (χ4n) is 1.18. The zero-order valence-corrected chi connectivity index (χ0v) is 9.40. The average Bonchev–Trinajstić information content (AvgIpc) is 2.29. The van der Waals surface area contributed by atoms with Crippen molar-refractivity contribution in [3.05, 3.63) is 35.7 Å². The topological polar surface area (TPSA) is 50.9 Å². The molecular formula is C12H19N3. The van der Waals surface area contributed by atoms with E-state index in [0.29, 0.717) is 12.6 Å². The van der Waals surface area contributed by atoms with Crippen LogP contribution in [0.25, 0.3) is 6.08 Å². The Bertz CT molecular complexity index is 303. The van der Waals surface area contributed by atoms with Crippen LogP contribution in [0.15, 0.2) is 24.4 Å². The van der Waals surface area contributed by atoms with E-state index in [2.05, 4.69) is 29.4 Å². The van der Waals surface area contributed by atoms with Crippen molar-refractivity contribution < 1.29 is 0 Å². The molecule has 3 N–H and O–H groups in total. The second-order valence-corrected chi connectivity index (χ2v) is 3.61. The molecule has 1 heterocycles. The second-order valence-electron chi connectivity index (χ2n) is 3.61. The van der Waals surface area contributed by atoms with Gasteiger partial charge in [-0.3, -0.25) is 4.98 Å². The molecule has 1 unspecified atom stereocenters. The molecule has 82 valence electrons. The van der Waals surface area contributed by atoms with Crippen LogP contribution >= 0.6 is 0 Å². The lowest BCUT2D eigenvalue weighted by atomic mass is 10.2. The summed E-state index contributed by atoms with van der Waals surface area (Å²) in [4.78, 5) is 4.22. The van der Waals surface area contributed by atoms with Crippen LogP contribution in [0.5, 0.6) is 0 Å². The van der Waals surface area contributed by atoms with Gasteiger partial charge in [-0.25, -0.2) is 0 Å². The Morgan fingerprint density at radius 1 is 1.53 bits per heavy atom. The number of rotatable bonds is 5. The van der Waals surface area contributed by atoms with E-state index in [1.165, 1.54) is 0 Å². The van der Waals surface area contributed by atoms with Crippen LogP contribution < -0.4 is 11.1 Å². The number of hydrogen-bond acceptors (Lipinski definition) is 3. The molecule has 1 aromatic rings. The summed E-state index contributed by atoms with van der Waals surface area (Å²) in [5.41, 5.74) is 7.52. The molecule has 3 heteroatoms. The van der Waals surface area contributed by atoms with Gasteiger partial charge in [-0.05, 0) is 32.0 Å². The Morgan fingerprint density at radius 3 is 2.87 bits per heavy atom. The Hall–Kier alpha value is -1.19. The van der Waals surface area contributed by atoms with E-state index in [9.17, 15) is 0 Å². The third-order valence-electron chi connectivity index (χ3n) is 2.35. The van der Waals surface area contributed by atoms with Gasteiger partial charge in [-0.1, -0.05) is 18.2 Å². The predicted molar refractivity (Wildman–Crippen MR) is 64.3 cm³/mol. The molecule has 0 aromatic carbocycles. The first-order valence-electron chi connectivity index (χ1n) is 5.25. The fourth-order valence-corrected chi connectivity index (χ4v) is 1.18. The van der Waals surface area contributed by atoms with E-state index in [4.69, 9.17) is 5.73 Å². The summed E-state index contributed by atoms with van der Waals surface area (Å²) in [6.45, 7) is 2.65. The maximum absolute atomic E-state index is 5.47. The van der Waals surface area contributed by atoms with Crippen molar-refractivity contribution in [3.8, 4) is 0 Å². The summed E-state index contributed by atoms with van der Waals surface area (Å²) in [6, 6.07) is 4.51. The van der Waals surface area contributed by atoms with E-state index in [0.717, 1.165) is 17.7 Å². The zero-order valence-electron chi connectivity index (χ0n) is 9.40. The van der Waals surface area contributed by atoms with Gasteiger partial charge in [0, 0.05) is 18.8 Å². The highest BCUT2D eigenvalue weighted by Crippen LogP contribution is 2.03. The number of hydrogen-bond donors (Lipinski definition) is 2. The molecule has 3 nitrogen and oxygen atoms in total. The van der Waals surface area contributed by atoms with Crippen molar-refractivity contribution in [2.24, 2.45) is 5.73 Å². The molecule has 0 aliphatic rings. The lowest BCUT2D eigenvalue weighted by molar-refractivity contribution is 0.621. The lowest BCUT2D eigenvalue weighted by Crippen LogP contribution is -2.19. The highest BCUT2D eigenvalue weighted by molar-refractivity contribution is 5.47. The first-order valence-corrected chi connectivity index (χ1v) is 5.25. The number of nitrogens with zero attached hydrogens (tertiary/aromatic N) is 1. The van der Waals surface area contributed by atoms with Crippen molar-refractivity contribution in [1.82, 2.24) is 10.3 Å². The molecular weight excluding hydrogens is 186 g/mol. The van der Waals surface area contributed by atoms with Crippen molar-refractivity contribution >= 4 is 6.08 Å². The summed E-state index contributed by atoms with van der Waals surface area (Å²) in [5, 5.41) is 3.19. The van der Waals surface area contributed by atoms with Gasteiger partial charge in [0.25, 0.3) is 0 Å². The van der Waals surface area contributed by atoms with Gasteiger partial charge in [-0.2, -0.15) is 0 Å². The monoisotopic (exact) mass is 205 g/mol. The van der Waals surface area contributed by atoms with Crippen LogP contribution in [0, 0.1) is 0 Å². The van der Waals surface area contributed by atoms with E-state index < -0.39 is 0 Å². The first kappa shape index (κ1) is 11.9. The Labute approximate surface area is 91.4 Å². The summed E-state index contributed by atoms with van der Waals surface area (Å²) in [6.07, 6.45) is 7.11. The quantitative estimate of drug-likeness (QED) is 0.767. The van der Waals surface area contributed by atoms with Crippen LogP contribution in [0.3, 0.4) is 0 Å². The van der Waals surface area contributed by atoms with Crippen LogP contribution in [0.2, 0.25) is 0 Å². The van der Waals surface area contributed by atoms with Crippen LogP contribution in [0.1, 0.15) is 24.6 Å². The number of nitrogens with one attached hydrogen (secondary N) is 1. The third kappa shape index (κ3) is 4.23. The first-order chi connectivity index (χ1) is 7.26. The molecule has 0 spiro atoms. The Balaban J connectivity index is 2.49. The molecule has 0 aliphatic heterocycles. The standard InChI is InChI=1S/C12H19N3/c1-10(14-2)4-3-5-11-6-7-12(8-13)15-9-11/h3,5-7,9-10,14H,4,8,13H2,1-2H3. The van der Waals surface area contributed by atoms with E-state index >= 15 is 0 Å². The minimum atomic E-state index is 0.501. The highest BCUT2D eigenvalue weighted by atomic mass is 14.8. The lowest BCUT2D eigenvalue weighted by Gasteiger charge is -2.04. The van der Waals surface area contributed by atoms with E-state index in [1.54, 1.807) is 0 Å². The fraction of sp³-hybridized carbons (Fsp3) is 0.417. The number of pyridine rings is 1. The molecule has 0 saturated carbocycles. The molecule has 0 aliphatic carbocycles. The second kappa shape index (κ2) is 6.32. The minimum Gasteiger partial charge on any atom is -0.325 e. The molecule has 1 rings (SSSR count). The third-order valence-corrected chi connectivity index (χ3v) is 2.35. The molecule has 0 amide bonds. The van der Waals surface area contributed by atoms with Gasteiger partial charge in [0.05, 0.1) is 5.69 Å². The molecule has 1 atom stereocenters. The molecule has 0 bridgehead atoms. The van der Waals surface area contributed by atoms with Crippen LogP contribution in [0.4, 0.5) is 0 Å². The zero-order chi connectivity index (χ0) is 11.1. The number of nitrogens with two attached hydrogens (primary N) is 1. The van der Waals surface area contributed by atoms with Crippen LogP contribution in [-0.4, -0.2) is 18.1 Å². The molecule has 1 aromatic heterocycles. The summed E-state index contributed by atoms with van der Waals surface area (Å²) in [5.74, 6) is 0. The van der Waals surface area contributed by atoms with E-state index in [1.807, 2.05) is 25.4 Å². The molecule has 0 fully saturated rings. The smallest absolute Gasteiger partial charge is 0.0539 e.